The Morgan fingerprint density at radius 3 is 2.47 bits per heavy atom. The van der Waals surface area contributed by atoms with Crippen molar-refractivity contribution in [2.45, 2.75) is 116 Å². The number of nitrogens with one attached hydrogen (secondary N) is 2. The van der Waals surface area contributed by atoms with Gasteiger partial charge in [0, 0.05) is 49.4 Å². The number of imidazole rings is 1. The van der Waals surface area contributed by atoms with Crippen molar-refractivity contribution in [2.75, 3.05) is 37.8 Å². The summed E-state index contributed by atoms with van der Waals surface area (Å²) < 4.78 is 62.4. The lowest BCUT2D eigenvalue weighted by atomic mass is 9.87. The number of phosphoric ester groups is 3. The number of aliphatic hydroxyl groups excluding tert-OH is 2. The van der Waals surface area contributed by atoms with Crippen molar-refractivity contribution in [3.63, 3.8) is 0 Å². The second-order valence-electron chi connectivity index (χ2n) is 16.4. The Morgan fingerprint density at radius 2 is 1.76 bits per heavy atom. The summed E-state index contributed by atoms with van der Waals surface area (Å²) in [6.45, 7) is 2.55. The molecule has 29 heteroatoms. The second-order valence-corrected chi connectivity index (χ2v) is 21.8. The normalized spacial score (nSPS) is 23.8. The van der Waals surface area contributed by atoms with Gasteiger partial charge in [-0.05, 0) is 38.0 Å². The van der Waals surface area contributed by atoms with Crippen LogP contribution in [0.1, 0.15) is 91.2 Å². The van der Waals surface area contributed by atoms with Crippen LogP contribution in [0.2, 0.25) is 0 Å². The molecule has 2 aromatic rings. The summed E-state index contributed by atoms with van der Waals surface area (Å²) in [6.07, 6.45) is 4.58. The summed E-state index contributed by atoms with van der Waals surface area (Å²) in [5, 5.41) is 26.6. The number of carbonyl (C=O) groups is 4. The molecule has 66 heavy (non-hydrogen) atoms. The number of aliphatic hydroxyl groups is 2. The summed E-state index contributed by atoms with van der Waals surface area (Å²) in [4.78, 5) is 101. The number of nitrogen functional groups attached to an aromatic ring is 1. The van der Waals surface area contributed by atoms with E-state index in [1.165, 1.54) is 13.8 Å². The van der Waals surface area contributed by atoms with Crippen LogP contribution in [-0.4, -0.2) is 128 Å². The molecule has 1 aliphatic carbocycles. The Kier molecular flexibility index (Phi) is 21.1. The Labute approximate surface area is 384 Å². The van der Waals surface area contributed by atoms with E-state index in [0.29, 0.717) is 30.3 Å². The zero-order valence-electron chi connectivity index (χ0n) is 36.7. The van der Waals surface area contributed by atoms with E-state index in [4.69, 9.17) is 19.5 Å². The number of phosphoric acid groups is 3. The molecule has 0 aromatic carbocycles. The van der Waals surface area contributed by atoms with Crippen molar-refractivity contribution in [1.29, 1.82) is 0 Å². The lowest BCUT2D eigenvalue weighted by Gasteiger charge is -2.30. The van der Waals surface area contributed by atoms with E-state index in [1.807, 2.05) is 0 Å². The molecular formula is C37H60N7O18P3S. The molecule has 1 saturated heterocycles. The van der Waals surface area contributed by atoms with Crippen LogP contribution in [0.25, 0.3) is 11.2 Å². The SMILES string of the molecule is CCC=CC[C@@H]1C(=O)CCC1CCCCCC(=O)SCCNC(=O)CCNC(=O)[C@H](O)C(C)(C)COP(=O)(O)OP(=O)(O)OC[C@H]1O[C@@H](n2cnc3c(N)ncnc32)C(O)[C@H]1OP(=O)(O)O. The summed E-state index contributed by atoms with van der Waals surface area (Å²) in [5.74, 6) is -0.238. The number of hydrogen-bond donors (Lipinski definition) is 9. The molecule has 4 unspecified atom stereocenters. The van der Waals surface area contributed by atoms with Gasteiger partial charge in [0.2, 0.25) is 11.8 Å². The number of rotatable bonds is 28. The highest BCUT2D eigenvalue weighted by Gasteiger charge is 2.50. The molecule has 4 rings (SSSR count). The van der Waals surface area contributed by atoms with Crippen LogP contribution in [0.3, 0.4) is 0 Å². The van der Waals surface area contributed by atoms with Crippen LogP contribution in [0.4, 0.5) is 5.82 Å². The van der Waals surface area contributed by atoms with Gasteiger partial charge in [-0.3, -0.25) is 37.3 Å². The van der Waals surface area contributed by atoms with E-state index < -0.39 is 84.6 Å². The first-order chi connectivity index (χ1) is 30.9. The number of aromatic nitrogens is 4. The number of nitrogens with zero attached hydrogens (tertiary/aromatic N) is 4. The standard InChI is InChI=1S/C37H60N7O18P3S/c1-4-5-7-11-24-23(13-14-25(24)45)10-8-6-9-12-28(47)66-18-17-39-27(46)15-16-40-35(50)32(49)37(2,3)20-59-65(56,57)62-64(54,55)58-19-26-31(61-63(51,52)53)30(48)36(60-26)44-22-43-29-33(38)41-21-42-34(29)44/h5,7,21-24,26,30-32,36,48-49H,4,6,8-20H2,1-3H3,(H,39,46)(H,40,50)(H,54,55)(H,56,57)(H2,38,41,42)(H2,51,52,53)/t23?,24-,26+,30?,31-,32-,36+/m0/s1. The average molecular weight is 1020 g/mol. The monoisotopic (exact) mass is 1020 g/mol. The number of ether oxygens (including phenoxy) is 1. The number of Topliss-reactive ketones (excluding diaryl/α,β-unsaturated/α-hetero) is 1. The van der Waals surface area contributed by atoms with Crippen LogP contribution >= 0.6 is 35.2 Å². The minimum absolute atomic E-state index is 0.0137. The third-order valence-electron chi connectivity index (χ3n) is 10.8. The van der Waals surface area contributed by atoms with Gasteiger partial charge in [-0.25, -0.2) is 28.6 Å². The van der Waals surface area contributed by atoms with Crippen LogP contribution in [0.15, 0.2) is 24.8 Å². The number of unbranched alkanes of at least 4 members (excludes halogenated alkanes) is 2. The first-order valence-corrected chi connectivity index (χ1v) is 26.7. The lowest BCUT2D eigenvalue weighted by Crippen LogP contribution is -2.46. The number of fused-ring (bicyclic) bond motifs is 1. The van der Waals surface area contributed by atoms with E-state index in [-0.39, 0.29) is 47.5 Å². The predicted molar refractivity (Wildman–Crippen MR) is 235 cm³/mol. The Morgan fingerprint density at radius 1 is 1.03 bits per heavy atom. The highest BCUT2D eigenvalue weighted by molar-refractivity contribution is 8.13. The van der Waals surface area contributed by atoms with Gasteiger partial charge in [-0.15, -0.1) is 0 Å². The fraction of sp³-hybridized carbons (Fsp3) is 0.703. The second kappa shape index (κ2) is 25.0. The van der Waals surface area contributed by atoms with Gasteiger partial charge in [0.15, 0.2) is 22.8 Å². The molecule has 0 radical (unpaired) electrons. The van der Waals surface area contributed by atoms with Crippen molar-refractivity contribution >= 4 is 74.9 Å². The molecule has 2 fully saturated rings. The van der Waals surface area contributed by atoms with E-state index in [2.05, 4.69) is 53.5 Å². The first-order valence-electron chi connectivity index (χ1n) is 21.2. The van der Waals surface area contributed by atoms with Crippen molar-refractivity contribution in [2.24, 2.45) is 17.3 Å². The summed E-state index contributed by atoms with van der Waals surface area (Å²) in [5.41, 5.74) is 4.26. The van der Waals surface area contributed by atoms with Crippen molar-refractivity contribution in [3.8, 4) is 0 Å². The van der Waals surface area contributed by atoms with E-state index in [0.717, 1.165) is 73.9 Å². The fourth-order valence-corrected chi connectivity index (χ4v) is 10.8. The Hall–Kier alpha value is -3.03. The number of thioether (sulfide) groups is 1. The molecular weight excluding hydrogens is 955 g/mol. The quantitative estimate of drug-likeness (QED) is 0.0336. The number of carbonyl (C=O) groups excluding carboxylic acids is 4. The first kappa shape index (κ1) is 55.6. The van der Waals surface area contributed by atoms with Gasteiger partial charge in [-0.1, -0.05) is 57.5 Å². The summed E-state index contributed by atoms with van der Waals surface area (Å²) in [7, 11) is -16.4. The Balaban J connectivity index is 1.12. The summed E-state index contributed by atoms with van der Waals surface area (Å²) >= 11 is 1.11. The highest BCUT2D eigenvalue weighted by atomic mass is 32.2. The van der Waals surface area contributed by atoms with E-state index in [1.54, 1.807) is 0 Å². The van der Waals surface area contributed by atoms with Gasteiger partial charge in [0.05, 0.1) is 19.5 Å². The van der Waals surface area contributed by atoms with Gasteiger partial charge in [0.1, 0.15) is 42.0 Å². The maximum absolute atomic E-state index is 12.7. The van der Waals surface area contributed by atoms with Crippen LogP contribution in [0, 0.1) is 17.3 Å². The third kappa shape index (κ3) is 17.2. The lowest BCUT2D eigenvalue weighted by molar-refractivity contribution is -0.137. The van der Waals surface area contributed by atoms with Crippen LogP contribution < -0.4 is 16.4 Å². The molecule has 0 bridgehead atoms. The van der Waals surface area contributed by atoms with E-state index in [9.17, 15) is 62.7 Å². The molecule has 2 aliphatic rings. The minimum Gasteiger partial charge on any atom is -0.386 e. The molecule has 1 aliphatic heterocycles. The maximum atomic E-state index is 12.7. The number of anilines is 1. The van der Waals surface area contributed by atoms with Gasteiger partial charge in [0.25, 0.3) is 0 Å². The molecule has 0 spiro atoms. The molecule has 10 N–H and O–H groups in total. The largest absolute Gasteiger partial charge is 0.481 e. The number of allylic oxidation sites excluding steroid dienone is 2. The number of ketones is 1. The topological polar surface area (TPSA) is 381 Å². The predicted octanol–water partition coefficient (Wildman–Crippen LogP) is 2.57. The zero-order valence-corrected chi connectivity index (χ0v) is 40.2. The fourth-order valence-electron chi connectivity index (χ4n) is 7.28. The molecule has 25 nitrogen and oxygen atoms in total. The molecule has 9 atom stereocenters. The van der Waals surface area contributed by atoms with Crippen LogP contribution in [-0.2, 0) is 55.5 Å². The third-order valence-corrected chi connectivity index (χ3v) is 14.8. The van der Waals surface area contributed by atoms with Crippen molar-refractivity contribution in [1.82, 2.24) is 30.2 Å². The number of amides is 2. The Bertz CT molecular complexity index is 2160. The van der Waals surface area contributed by atoms with Gasteiger partial charge < -0.3 is 50.9 Å². The smallest absolute Gasteiger partial charge is 0.386 e. The molecule has 1 saturated carbocycles. The minimum atomic E-state index is -5.58. The number of hydrogen-bond acceptors (Lipinski definition) is 19. The molecule has 2 amide bonds. The molecule has 372 valence electrons. The maximum Gasteiger partial charge on any atom is 0.481 e. The van der Waals surface area contributed by atoms with Crippen molar-refractivity contribution < 1.29 is 85.3 Å². The van der Waals surface area contributed by atoms with Gasteiger partial charge in [-0.2, -0.15) is 4.31 Å². The molecule has 3 heterocycles. The number of nitrogens with two attached hydrogens (primary N) is 1. The molecule has 2 aromatic heterocycles. The van der Waals surface area contributed by atoms with Crippen molar-refractivity contribution in [3.05, 3.63) is 24.8 Å². The van der Waals surface area contributed by atoms with Crippen LogP contribution in [0.5, 0.6) is 0 Å². The average Bonchev–Trinajstić information content (AvgIpc) is 3.91. The zero-order chi connectivity index (χ0) is 48.9. The summed E-state index contributed by atoms with van der Waals surface area (Å²) in [6, 6.07) is 0. The van der Waals surface area contributed by atoms with Gasteiger partial charge >= 0.3 is 23.5 Å². The highest BCUT2D eigenvalue weighted by Crippen LogP contribution is 2.61. The van der Waals surface area contributed by atoms with E-state index >= 15 is 0 Å².